The lowest BCUT2D eigenvalue weighted by atomic mass is 10.2. The van der Waals surface area contributed by atoms with Crippen LogP contribution in [-0.4, -0.2) is 42.4 Å². The van der Waals surface area contributed by atoms with Crippen molar-refractivity contribution in [1.82, 2.24) is 10.2 Å². The van der Waals surface area contributed by atoms with Crippen molar-refractivity contribution in [2.45, 2.75) is 19.5 Å². The van der Waals surface area contributed by atoms with E-state index in [0.717, 1.165) is 9.78 Å². The van der Waals surface area contributed by atoms with Gasteiger partial charge >= 0.3 is 0 Å². The van der Waals surface area contributed by atoms with Gasteiger partial charge in [-0.3, -0.25) is 4.79 Å². The zero-order chi connectivity index (χ0) is 20.6. The number of thiophene rings is 1. The Balaban J connectivity index is 1.69. The van der Waals surface area contributed by atoms with Crippen molar-refractivity contribution in [3.63, 3.8) is 0 Å². The molecule has 9 heteroatoms. The highest BCUT2D eigenvalue weighted by Crippen LogP contribution is 2.22. The third-order valence-corrected chi connectivity index (χ3v) is 5.33. The Morgan fingerprint density at radius 1 is 1.38 bits per heavy atom. The van der Waals surface area contributed by atoms with Gasteiger partial charge < -0.3 is 19.4 Å². The molecule has 29 heavy (non-hydrogen) atoms. The molecule has 0 radical (unpaired) electrons. The van der Waals surface area contributed by atoms with Gasteiger partial charge in [-0.15, -0.1) is 21.5 Å². The Bertz CT molecular complexity index is 980. The van der Waals surface area contributed by atoms with E-state index in [1.54, 1.807) is 31.4 Å². The number of benzene rings is 1. The number of carbonyl (C=O) groups excluding carboxylic acids is 1. The molecule has 8 nitrogen and oxygen atoms in total. The zero-order valence-electron chi connectivity index (χ0n) is 16.2. The van der Waals surface area contributed by atoms with Crippen LogP contribution in [0.3, 0.4) is 0 Å². The van der Waals surface area contributed by atoms with Crippen LogP contribution < -0.4 is 10.2 Å². The van der Waals surface area contributed by atoms with Gasteiger partial charge in [0.1, 0.15) is 6.54 Å². The number of carbonyl (C=O) groups is 1. The molecule has 1 unspecified atom stereocenters. The predicted molar refractivity (Wildman–Crippen MR) is 108 cm³/mol. The molecule has 0 fully saturated rings. The fraction of sp³-hybridized carbons (Fsp3) is 0.300. The van der Waals surface area contributed by atoms with Crippen LogP contribution in [0.15, 0.2) is 46.2 Å². The van der Waals surface area contributed by atoms with E-state index < -0.39 is 6.04 Å². The van der Waals surface area contributed by atoms with Gasteiger partial charge in [-0.1, -0.05) is 12.1 Å². The number of methoxy groups -OCH3 is 1. The van der Waals surface area contributed by atoms with Gasteiger partial charge in [0.05, 0.1) is 23.1 Å². The highest BCUT2D eigenvalue weighted by atomic mass is 32.1. The number of rotatable bonds is 9. The lowest BCUT2D eigenvalue weighted by Gasteiger charge is -2.23. The topological polar surface area (TPSA) is 105 Å². The minimum absolute atomic E-state index is 0.163. The third-order valence-electron chi connectivity index (χ3n) is 4.47. The molecule has 0 spiro atoms. The van der Waals surface area contributed by atoms with E-state index in [1.165, 1.54) is 11.3 Å². The second-order valence-electron chi connectivity index (χ2n) is 6.46. The number of nitrogens with one attached hydrogen (secondary N) is 2. The maximum Gasteiger partial charge on any atom is 0.282 e. The highest BCUT2D eigenvalue weighted by Gasteiger charge is 2.27. The fourth-order valence-electron chi connectivity index (χ4n) is 2.81. The maximum absolute atomic E-state index is 12.8. The molecule has 1 amide bonds. The standard InChI is InChI=1S/C20H21N5O3S/c1-14(19(26)22-16-6-3-5-15(11-16)12-21)25(8-9-27-2)13-18-23-24-20(28-18)17-7-4-10-29-17/h3-7,10-11,14H,8-9,13H2,1-2H3,(H,22,26)/p+1/t14-/m1/s1. The quantitative estimate of drug-likeness (QED) is 0.555. The van der Waals surface area contributed by atoms with Crippen molar-refractivity contribution in [3.05, 3.63) is 53.2 Å². The SMILES string of the molecule is COCC[NH+](Cc1nnc(-c2cccs2)o1)[C@H](C)C(=O)Nc1cccc(C#N)c1. The minimum atomic E-state index is -0.395. The molecule has 2 aromatic heterocycles. The van der Waals surface area contributed by atoms with Crippen molar-refractivity contribution < 1.29 is 18.8 Å². The molecule has 0 aliphatic rings. The predicted octanol–water partition coefficient (Wildman–Crippen LogP) is 1.73. The number of quaternary nitrogens is 1. The largest absolute Gasteiger partial charge is 0.414 e. The van der Waals surface area contributed by atoms with Crippen molar-refractivity contribution in [3.8, 4) is 16.8 Å². The van der Waals surface area contributed by atoms with Crippen LogP contribution in [0.1, 0.15) is 18.4 Å². The molecule has 3 rings (SSSR count). The summed E-state index contributed by atoms with van der Waals surface area (Å²) in [5.41, 5.74) is 1.08. The van der Waals surface area contributed by atoms with Gasteiger partial charge in [-0.2, -0.15) is 5.26 Å². The first-order chi connectivity index (χ1) is 14.1. The Morgan fingerprint density at radius 2 is 2.24 bits per heavy atom. The molecule has 2 N–H and O–H groups in total. The van der Waals surface area contributed by atoms with E-state index in [4.69, 9.17) is 14.4 Å². The molecule has 0 saturated carbocycles. The first-order valence-electron chi connectivity index (χ1n) is 9.11. The van der Waals surface area contributed by atoms with Crippen molar-refractivity contribution >= 4 is 22.9 Å². The van der Waals surface area contributed by atoms with Crippen molar-refractivity contribution in [2.24, 2.45) is 0 Å². The fourth-order valence-corrected chi connectivity index (χ4v) is 3.46. The molecule has 0 bridgehead atoms. The summed E-state index contributed by atoms with van der Waals surface area (Å²) in [6.07, 6.45) is 0. The average Bonchev–Trinajstić information content (AvgIpc) is 3.42. The summed E-state index contributed by atoms with van der Waals surface area (Å²) in [6.45, 7) is 3.32. The number of nitriles is 1. The van der Waals surface area contributed by atoms with Crippen LogP contribution in [0.25, 0.3) is 10.8 Å². The van der Waals surface area contributed by atoms with Crippen LogP contribution in [0.2, 0.25) is 0 Å². The van der Waals surface area contributed by atoms with Crippen LogP contribution in [0.5, 0.6) is 0 Å². The van der Waals surface area contributed by atoms with Crippen molar-refractivity contribution in [1.29, 1.82) is 5.26 Å². The van der Waals surface area contributed by atoms with Gasteiger partial charge in [0.2, 0.25) is 0 Å². The van der Waals surface area contributed by atoms with Gasteiger partial charge in [-0.25, -0.2) is 0 Å². The number of aromatic nitrogens is 2. The van der Waals surface area contributed by atoms with E-state index in [2.05, 4.69) is 21.6 Å². The molecule has 0 aliphatic heterocycles. The Morgan fingerprint density at radius 3 is 2.97 bits per heavy atom. The summed E-state index contributed by atoms with van der Waals surface area (Å²) >= 11 is 1.53. The zero-order valence-corrected chi connectivity index (χ0v) is 17.0. The van der Waals surface area contributed by atoms with Gasteiger partial charge in [0.25, 0.3) is 17.7 Å². The molecule has 2 atom stereocenters. The summed E-state index contributed by atoms with van der Waals surface area (Å²) in [5.74, 6) is 0.779. The maximum atomic E-state index is 12.8. The molecule has 0 aliphatic carbocycles. The summed E-state index contributed by atoms with van der Waals surface area (Å²) in [6, 6.07) is 12.3. The first-order valence-corrected chi connectivity index (χ1v) is 9.99. The van der Waals surface area contributed by atoms with Gasteiger partial charge in [0.15, 0.2) is 12.6 Å². The normalized spacial score (nSPS) is 12.9. The van der Waals surface area contributed by atoms with E-state index >= 15 is 0 Å². The second kappa shape index (κ2) is 9.93. The average molecular weight is 412 g/mol. The number of nitrogens with zero attached hydrogens (tertiary/aromatic N) is 3. The van der Waals surface area contributed by atoms with Crippen LogP contribution in [0.4, 0.5) is 5.69 Å². The summed E-state index contributed by atoms with van der Waals surface area (Å²) < 4.78 is 11.0. The second-order valence-corrected chi connectivity index (χ2v) is 7.41. The summed E-state index contributed by atoms with van der Waals surface area (Å²) in [4.78, 5) is 14.6. The first kappa shape index (κ1) is 20.7. The lowest BCUT2D eigenvalue weighted by molar-refractivity contribution is -0.929. The third kappa shape index (κ3) is 5.48. The van der Waals surface area contributed by atoms with E-state index in [-0.39, 0.29) is 5.91 Å². The van der Waals surface area contributed by atoms with Crippen LogP contribution >= 0.6 is 11.3 Å². The van der Waals surface area contributed by atoms with E-state index in [9.17, 15) is 4.79 Å². The molecular weight excluding hydrogens is 390 g/mol. The number of ether oxygens (including phenoxy) is 1. The number of hydrogen-bond acceptors (Lipinski definition) is 7. The molecule has 3 aromatic rings. The summed E-state index contributed by atoms with van der Waals surface area (Å²) in [7, 11) is 1.62. The Labute approximate surface area is 172 Å². The van der Waals surface area contributed by atoms with Gasteiger partial charge in [0, 0.05) is 12.8 Å². The van der Waals surface area contributed by atoms with E-state index in [1.807, 2.05) is 24.4 Å². The molecule has 150 valence electrons. The van der Waals surface area contributed by atoms with Gasteiger partial charge in [-0.05, 0) is 36.6 Å². The highest BCUT2D eigenvalue weighted by molar-refractivity contribution is 7.13. The minimum Gasteiger partial charge on any atom is -0.414 e. The molecular formula is C20H22N5O3S+. The number of anilines is 1. The van der Waals surface area contributed by atoms with Crippen LogP contribution in [-0.2, 0) is 16.1 Å². The Hall–Kier alpha value is -3.06. The molecule has 2 heterocycles. The molecule has 1 aromatic carbocycles. The molecule has 0 saturated heterocycles. The number of amides is 1. The van der Waals surface area contributed by atoms with E-state index in [0.29, 0.717) is 42.7 Å². The lowest BCUT2D eigenvalue weighted by Crippen LogP contribution is -3.15. The van der Waals surface area contributed by atoms with Crippen LogP contribution in [0, 0.1) is 11.3 Å². The summed E-state index contributed by atoms with van der Waals surface area (Å²) in [5, 5.41) is 22.1. The smallest absolute Gasteiger partial charge is 0.282 e. The Kier molecular flexibility index (Phi) is 7.08. The van der Waals surface area contributed by atoms with Crippen molar-refractivity contribution in [2.75, 3.05) is 25.6 Å². The number of hydrogen-bond donors (Lipinski definition) is 2. The monoisotopic (exact) mass is 412 g/mol.